The molecule has 0 aliphatic heterocycles. The fourth-order valence-electron chi connectivity index (χ4n) is 0.236. The molecule has 0 fully saturated rings. The topological polar surface area (TPSA) is 80.3 Å². The van der Waals surface area contributed by atoms with Gasteiger partial charge in [0.2, 0.25) is 0 Å². The largest absolute Gasteiger partial charge is 2.00 e. The van der Waals surface area contributed by atoms with Crippen molar-refractivity contribution in [3.63, 3.8) is 0 Å². The van der Waals surface area contributed by atoms with Gasteiger partial charge in [-0.1, -0.05) is 0 Å². The first-order valence-electron chi connectivity index (χ1n) is 2.14. The molecule has 0 saturated carbocycles. The van der Waals surface area contributed by atoms with Crippen molar-refractivity contribution in [1.29, 1.82) is 0 Å². The van der Waals surface area contributed by atoms with Crippen LogP contribution in [0.25, 0.3) is 0 Å². The van der Waals surface area contributed by atoms with E-state index < -0.39 is 11.9 Å². The fraction of sp³-hybridized carbons (Fsp3) is 0.200. The van der Waals surface area contributed by atoms with Crippen LogP contribution in [0, 0.1) is 0 Å². The van der Waals surface area contributed by atoms with Crippen LogP contribution in [0.4, 0.5) is 0 Å². The molecule has 2 radical (unpaired) electrons. The number of hydrogen-bond donors (Lipinski definition) is 0. The quantitative estimate of drug-likeness (QED) is 0.399. The Morgan fingerprint density at radius 3 is 1.80 bits per heavy atom. The van der Waals surface area contributed by atoms with Gasteiger partial charge in [0.1, 0.15) is 0 Å². The number of hydrogen-bond acceptors (Lipinski definition) is 4. The molecule has 0 atom stereocenters. The van der Waals surface area contributed by atoms with Gasteiger partial charge in [-0.25, -0.2) is 0 Å². The summed E-state index contributed by atoms with van der Waals surface area (Å²) in [4.78, 5) is 19.4. The van der Waals surface area contributed by atoms with E-state index in [1.807, 2.05) is 0 Å². The van der Waals surface area contributed by atoms with Crippen LogP contribution in [0.1, 0.15) is 6.92 Å². The predicted octanol–water partition coefficient (Wildman–Crippen LogP) is -2.95. The van der Waals surface area contributed by atoms with E-state index in [1.54, 1.807) is 0 Å². The van der Waals surface area contributed by atoms with Crippen LogP contribution in [0.5, 0.6) is 0 Å². The molecule has 0 aromatic rings. The average Bonchev–Trinajstić information content (AvgIpc) is 1.63. The van der Waals surface area contributed by atoms with Gasteiger partial charge in [-0.3, -0.25) is 0 Å². The second kappa shape index (κ2) is 5.39. The minimum Gasteiger partial charge on any atom is -0.545 e. The van der Waals surface area contributed by atoms with Crippen LogP contribution in [-0.4, -0.2) is 39.2 Å². The molecular formula is C5H4O4Pb. The van der Waals surface area contributed by atoms with Gasteiger partial charge in [0, 0.05) is 0 Å². The Morgan fingerprint density at radius 1 is 1.30 bits per heavy atom. The third kappa shape index (κ3) is 5.73. The van der Waals surface area contributed by atoms with Gasteiger partial charge in [-0.15, -0.1) is 0 Å². The number of carbonyl (C=O) groups excluding carboxylic acids is 2. The maximum absolute atomic E-state index is 9.76. The van der Waals surface area contributed by atoms with Crippen molar-refractivity contribution in [2.75, 3.05) is 0 Å². The molecule has 10 heavy (non-hydrogen) atoms. The summed E-state index contributed by atoms with van der Waals surface area (Å²) >= 11 is 0. The molecule has 0 aromatic heterocycles. The molecule has 5 heteroatoms. The zero-order valence-corrected chi connectivity index (χ0v) is 9.10. The summed E-state index contributed by atoms with van der Waals surface area (Å²) in [5.41, 5.74) is -0.352. The summed E-state index contributed by atoms with van der Waals surface area (Å²) in [5.74, 6) is -3.03. The predicted molar refractivity (Wildman–Crippen MR) is 29.5 cm³/mol. The fourth-order valence-corrected chi connectivity index (χ4v) is 0.236. The van der Waals surface area contributed by atoms with E-state index in [4.69, 9.17) is 0 Å². The molecular weight excluding hydrogens is 331 g/mol. The Labute approximate surface area is 77.7 Å². The Morgan fingerprint density at radius 2 is 1.70 bits per heavy atom. The molecule has 0 bridgehead atoms. The molecule has 0 spiro atoms. The Bertz CT molecular complexity index is 172. The van der Waals surface area contributed by atoms with Crippen molar-refractivity contribution in [2.24, 2.45) is 0 Å². The van der Waals surface area contributed by atoms with Crippen LogP contribution in [0.15, 0.2) is 11.6 Å². The molecule has 0 aliphatic rings. The summed E-state index contributed by atoms with van der Waals surface area (Å²) in [5, 5.41) is 19.4. The molecule has 0 heterocycles. The third-order valence-electron chi connectivity index (χ3n) is 0.656. The standard InChI is InChI=1S/C5H6O4.Pb/c1-3(5(8)9)2-4(6)7;/h2H,1H3,(H,6,7)(H,8,9);/q;+2/p-2/b3-2-;. The number of carboxylic acids is 2. The zero-order valence-electron chi connectivity index (χ0n) is 5.21. The minimum absolute atomic E-state index is 0. The minimum atomic E-state index is -1.53. The molecule has 0 aromatic carbocycles. The van der Waals surface area contributed by atoms with Crippen LogP contribution in [-0.2, 0) is 9.59 Å². The van der Waals surface area contributed by atoms with Crippen molar-refractivity contribution < 1.29 is 19.8 Å². The van der Waals surface area contributed by atoms with Gasteiger partial charge < -0.3 is 19.8 Å². The molecule has 0 saturated heterocycles. The Balaban J connectivity index is 0. The van der Waals surface area contributed by atoms with E-state index in [-0.39, 0.29) is 32.9 Å². The monoisotopic (exact) mass is 336 g/mol. The first-order chi connectivity index (χ1) is 4.04. The van der Waals surface area contributed by atoms with Gasteiger partial charge >= 0.3 is 27.3 Å². The van der Waals surface area contributed by atoms with Crippen molar-refractivity contribution in [2.45, 2.75) is 6.92 Å². The number of carboxylic acid groups (broad SMARTS) is 2. The zero-order chi connectivity index (χ0) is 7.44. The van der Waals surface area contributed by atoms with E-state index >= 15 is 0 Å². The summed E-state index contributed by atoms with van der Waals surface area (Å²) < 4.78 is 0. The van der Waals surface area contributed by atoms with Crippen LogP contribution >= 0.6 is 0 Å². The summed E-state index contributed by atoms with van der Waals surface area (Å²) in [6.45, 7) is 1.12. The van der Waals surface area contributed by atoms with Gasteiger partial charge in [0.25, 0.3) is 0 Å². The molecule has 0 rings (SSSR count). The van der Waals surface area contributed by atoms with Crippen molar-refractivity contribution in [3.8, 4) is 0 Å². The molecule has 0 N–H and O–H groups in total. The van der Waals surface area contributed by atoms with Gasteiger partial charge in [0.05, 0.1) is 11.9 Å². The van der Waals surface area contributed by atoms with Gasteiger partial charge in [0.15, 0.2) is 0 Å². The third-order valence-corrected chi connectivity index (χ3v) is 0.656. The summed E-state index contributed by atoms with van der Waals surface area (Å²) in [7, 11) is 0. The second-order valence-electron chi connectivity index (χ2n) is 1.43. The Kier molecular flexibility index (Phi) is 6.63. The smallest absolute Gasteiger partial charge is 0.545 e. The molecule has 4 nitrogen and oxygen atoms in total. The van der Waals surface area contributed by atoms with Gasteiger partial charge in [-0.2, -0.15) is 0 Å². The number of carbonyl (C=O) groups is 2. The van der Waals surface area contributed by atoms with Crippen molar-refractivity contribution in [3.05, 3.63) is 11.6 Å². The van der Waals surface area contributed by atoms with E-state index in [9.17, 15) is 19.8 Å². The van der Waals surface area contributed by atoms with Crippen molar-refractivity contribution in [1.82, 2.24) is 0 Å². The maximum atomic E-state index is 9.76. The maximum Gasteiger partial charge on any atom is 2.00 e. The first kappa shape index (κ1) is 12.3. The van der Waals surface area contributed by atoms with E-state index in [1.165, 1.54) is 0 Å². The number of aliphatic carboxylic acids is 2. The van der Waals surface area contributed by atoms with Crippen LogP contribution in [0.3, 0.4) is 0 Å². The second-order valence-corrected chi connectivity index (χ2v) is 1.43. The SMILES string of the molecule is C/C(=C/C(=O)[O-])C(=O)[O-].[Pb+2]. The van der Waals surface area contributed by atoms with Gasteiger partial charge in [-0.05, 0) is 18.6 Å². The van der Waals surface area contributed by atoms with E-state index in [0.717, 1.165) is 6.92 Å². The van der Waals surface area contributed by atoms with Crippen LogP contribution < -0.4 is 10.2 Å². The summed E-state index contributed by atoms with van der Waals surface area (Å²) in [6.07, 6.45) is 0.468. The van der Waals surface area contributed by atoms with Crippen molar-refractivity contribution >= 4 is 39.2 Å². The normalized spacial score (nSPS) is 9.90. The molecule has 52 valence electrons. The van der Waals surface area contributed by atoms with E-state index in [2.05, 4.69) is 0 Å². The summed E-state index contributed by atoms with van der Waals surface area (Å²) in [6, 6.07) is 0. The molecule has 0 unspecified atom stereocenters. The van der Waals surface area contributed by atoms with E-state index in [0.29, 0.717) is 6.08 Å². The first-order valence-corrected chi connectivity index (χ1v) is 2.14. The van der Waals surface area contributed by atoms with Crippen LogP contribution in [0.2, 0.25) is 0 Å². The molecule has 0 amide bonds. The number of rotatable bonds is 2. The Hall–Kier alpha value is -0.398. The molecule has 0 aliphatic carbocycles. The average molecular weight is 335 g/mol.